The molecule has 9 nitrogen and oxygen atoms in total. The highest BCUT2D eigenvalue weighted by molar-refractivity contribution is 6.04. The molecule has 0 saturated heterocycles. The lowest BCUT2D eigenvalue weighted by Gasteiger charge is -2.25. The van der Waals surface area contributed by atoms with Crippen LogP contribution in [0.4, 0.5) is 0 Å². The number of rotatable bonds is 2. The highest BCUT2D eigenvalue weighted by Crippen LogP contribution is 2.36. The van der Waals surface area contributed by atoms with Crippen LogP contribution in [0, 0.1) is 6.92 Å². The van der Waals surface area contributed by atoms with Crippen molar-refractivity contribution in [2.75, 3.05) is 20.4 Å². The maximum atomic E-state index is 13.1. The first kappa shape index (κ1) is 16.7. The fraction of sp³-hybridized carbons (Fsp3) is 0.316. The molecular formula is C19H18N4O5. The zero-order chi connectivity index (χ0) is 19.6. The minimum Gasteiger partial charge on any atom is -0.505 e. The quantitative estimate of drug-likeness (QED) is 0.712. The van der Waals surface area contributed by atoms with Crippen molar-refractivity contribution in [1.29, 1.82) is 0 Å². The lowest BCUT2D eigenvalue weighted by molar-refractivity contribution is 0.0747. The third kappa shape index (κ3) is 2.16. The van der Waals surface area contributed by atoms with Crippen molar-refractivity contribution in [3.8, 4) is 17.2 Å². The highest BCUT2D eigenvalue weighted by Gasteiger charge is 2.32. The number of hydrogen-bond acceptors (Lipinski definition) is 6. The van der Waals surface area contributed by atoms with E-state index in [9.17, 15) is 14.7 Å². The topological polar surface area (TPSA) is 98.8 Å². The molecule has 0 bridgehead atoms. The number of hydrogen-bond donors (Lipinski definition) is 1. The fourth-order valence-electron chi connectivity index (χ4n) is 3.94. The number of carbonyl (C=O) groups excluding carboxylic acids is 1. The molecule has 1 aromatic carbocycles. The monoisotopic (exact) mass is 382 g/mol. The number of aromatic hydroxyl groups is 1. The third-order valence-corrected chi connectivity index (χ3v) is 5.31. The highest BCUT2D eigenvalue weighted by atomic mass is 16.7. The summed E-state index contributed by atoms with van der Waals surface area (Å²) in [5.74, 6) is 0.621. The maximum Gasteiger partial charge on any atom is 0.280 e. The zero-order valence-corrected chi connectivity index (χ0v) is 15.4. The third-order valence-electron chi connectivity index (χ3n) is 5.31. The Kier molecular flexibility index (Phi) is 3.42. The van der Waals surface area contributed by atoms with E-state index >= 15 is 0 Å². The van der Waals surface area contributed by atoms with Crippen LogP contribution < -0.4 is 15.0 Å². The van der Waals surface area contributed by atoms with E-state index in [2.05, 4.69) is 5.10 Å². The summed E-state index contributed by atoms with van der Waals surface area (Å²) in [6, 6.07) is 5.46. The van der Waals surface area contributed by atoms with Gasteiger partial charge in [-0.25, -0.2) is 4.68 Å². The van der Waals surface area contributed by atoms with Crippen molar-refractivity contribution in [2.45, 2.75) is 20.0 Å². The van der Waals surface area contributed by atoms with Crippen LogP contribution in [-0.4, -0.2) is 50.6 Å². The summed E-state index contributed by atoms with van der Waals surface area (Å²) >= 11 is 0. The summed E-state index contributed by atoms with van der Waals surface area (Å²) in [6.07, 6.45) is 0. The van der Waals surface area contributed by atoms with Crippen LogP contribution in [0.2, 0.25) is 0 Å². The average Bonchev–Trinajstić information content (AvgIpc) is 3.26. The average molecular weight is 382 g/mol. The Labute approximate surface area is 159 Å². The first-order chi connectivity index (χ1) is 13.5. The van der Waals surface area contributed by atoms with Crippen molar-refractivity contribution in [1.82, 2.24) is 19.2 Å². The molecule has 0 radical (unpaired) electrons. The second-order valence-electron chi connectivity index (χ2n) is 7.00. The Balaban J connectivity index is 1.70. The number of aryl methyl sites for hydroxylation is 1. The second kappa shape index (κ2) is 5.75. The van der Waals surface area contributed by atoms with Gasteiger partial charge in [0.1, 0.15) is 5.39 Å². The van der Waals surface area contributed by atoms with Gasteiger partial charge >= 0.3 is 0 Å². The molecule has 28 heavy (non-hydrogen) atoms. The van der Waals surface area contributed by atoms with Gasteiger partial charge in [0, 0.05) is 25.7 Å². The van der Waals surface area contributed by atoms with Crippen LogP contribution >= 0.6 is 0 Å². The van der Waals surface area contributed by atoms with E-state index in [0.717, 1.165) is 5.56 Å². The largest absolute Gasteiger partial charge is 0.505 e. The summed E-state index contributed by atoms with van der Waals surface area (Å²) in [5.41, 5.74) is 1.52. The van der Waals surface area contributed by atoms with E-state index < -0.39 is 5.56 Å². The van der Waals surface area contributed by atoms with Gasteiger partial charge in [-0.05, 0) is 13.0 Å². The van der Waals surface area contributed by atoms with Crippen LogP contribution in [0.3, 0.4) is 0 Å². The van der Waals surface area contributed by atoms with Crippen LogP contribution in [0.1, 0.15) is 21.7 Å². The van der Waals surface area contributed by atoms with Crippen LogP contribution in [0.5, 0.6) is 17.2 Å². The van der Waals surface area contributed by atoms with E-state index in [1.54, 1.807) is 24.6 Å². The summed E-state index contributed by atoms with van der Waals surface area (Å²) in [6.45, 7) is 3.07. The van der Waals surface area contributed by atoms with Crippen molar-refractivity contribution in [3.63, 3.8) is 0 Å². The lowest BCUT2D eigenvalue weighted by Crippen LogP contribution is -2.37. The molecule has 0 fully saturated rings. The Bertz CT molecular complexity index is 1210. The van der Waals surface area contributed by atoms with Crippen molar-refractivity contribution >= 4 is 16.8 Å². The number of nitrogens with zero attached hydrogens (tertiary/aromatic N) is 4. The van der Waals surface area contributed by atoms with Crippen LogP contribution in [-0.2, 0) is 13.1 Å². The van der Waals surface area contributed by atoms with Gasteiger partial charge in [0.05, 0.1) is 17.8 Å². The molecule has 0 unspecified atom stereocenters. The van der Waals surface area contributed by atoms with Gasteiger partial charge in [0.15, 0.2) is 22.9 Å². The number of aromatic nitrogens is 3. The minimum atomic E-state index is -0.452. The maximum absolute atomic E-state index is 13.1. The minimum absolute atomic E-state index is 0.121. The molecule has 0 saturated carbocycles. The van der Waals surface area contributed by atoms with E-state index in [1.807, 2.05) is 12.1 Å². The van der Waals surface area contributed by atoms with Gasteiger partial charge in [-0.15, -0.1) is 0 Å². The van der Waals surface area contributed by atoms with E-state index in [0.29, 0.717) is 35.8 Å². The number of ether oxygens (including phenoxy) is 2. The van der Waals surface area contributed by atoms with Gasteiger partial charge in [-0.2, -0.15) is 5.10 Å². The second-order valence-corrected chi connectivity index (χ2v) is 7.00. The molecule has 144 valence electrons. The number of carbonyl (C=O) groups is 1. The molecule has 2 aliphatic heterocycles. The molecule has 3 aromatic rings. The Hall–Kier alpha value is -3.49. The molecule has 2 aliphatic rings. The molecule has 1 amide bonds. The Morgan fingerprint density at radius 2 is 2.04 bits per heavy atom. The summed E-state index contributed by atoms with van der Waals surface area (Å²) in [4.78, 5) is 27.2. The zero-order valence-electron chi connectivity index (χ0n) is 15.4. The molecule has 5 rings (SSSR count). The van der Waals surface area contributed by atoms with Crippen LogP contribution in [0.15, 0.2) is 23.0 Å². The standard InChI is InChI=1S/C19H18N4O5/c1-10-14-13(16(24)15-19(26)21(2)6-7-22(14)15)18(25)23(20-10)8-11-4-3-5-12-17(11)28-9-27-12/h3-5,24H,6-9H2,1-2H3. The van der Waals surface area contributed by atoms with Crippen LogP contribution in [0.25, 0.3) is 10.9 Å². The molecule has 0 atom stereocenters. The Morgan fingerprint density at radius 1 is 1.21 bits per heavy atom. The van der Waals surface area contributed by atoms with Crippen molar-refractivity contribution in [3.05, 3.63) is 45.5 Å². The summed E-state index contributed by atoms with van der Waals surface area (Å²) in [5, 5.41) is 15.3. The van der Waals surface area contributed by atoms with Gasteiger partial charge in [0.2, 0.25) is 6.79 Å². The number of para-hydroxylation sites is 1. The summed E-state index contributed by atoms with van der Waals surface area (Å²) < 4.78 is 13.9. The lowest BCUT2D eigenvalue weighted by atomic mass is 10.2. The Morgan fingerprint density at radius 3 is 2.86 bits per heavy atom. The number of amides is 1. The van der Waals surface area contributed by atoms with Gasteiger partial charge in [0.25, 0.3) is 11.5 Å². The normalized spacial score (nSPS) is 15.4. The molecule has 0 aliphatic carbocycles. The predicted octanol–water partition coefficient (Wildman–Crippen LogP) is 1.07. The van der Waals surface area contributed by atoms with Crippen molar-refractivity contribution < 1.29 is 19.4 Å². The first-order valence-corrected chi connectivity index (χ1v) is 8.93. The van der Waals surface area contributed by atoms with Gasteiger partial charge in [-0.3, -0.25) is 9.59 Å². The molecular weight excluding hydrogens is 364 g/mol. The number of benzene rings is 1. The smallest absolute Gasteiger partial charge is 0.280 e. The fourth-order valence-corrected chi connectivity index (χ4v) is 3.94. The van der Waals surface area contributed by atoms with Gasteiger partial charge in [-0.1, -0.05) is 12.1 Å². The van der Waals surface area contributed by atoms with E-state index in [1.165, 1.54) is 9.58 Å². The number of likely N-dealkylation sites (N-methyl/N-ethyl adjacent to an activating group) is 1. The van der Waals surface area contributed by atoms with E-state index in [4.69, 9.17) is 9.47 Å². The van der Waals surface area contributed by atoms with Gasteiger partial charge < -0.3 is 24.0 Å². The molecule has 1 N–H and O–H groups in total. The first-order valence-electron chi connectivity index (χ1n) is 8.93. The molecule has 4 heterocycles. The number of fused-ring (bicyclic) bond motifs is 4. The molecule has 9 heteroatoms. The molecule has 0 spiro atoms. The molecule has 2 aromatic heterocycles. The SMILES string of the molecule is Cc1nn(Cc2cccc3c2OCO3)c(=O)c2c(O)c3n(c12)CCN(C)C3=O. The van der Waals surface area contributed by atoms with E-state index in [-0.39, 0.29) is 36.1 Å². The predicted molar refractivity (Wildman–Crippen MR) is 99.0 cm³/mol. The van der Waals surface area contributed by atoms with Crippen molar-refractivity contribution in [2.24, 2.45) is 0 Å². The summed E-state index contributed by atoms with van der Waals surface area (Å²) in [7, 11) is 1.67.